The highest BCUT2D eigenvalue weighted by atomic mass is 16.5. The van der Waals surface area contributed by atoms with Gasteiger partial charge in [-0.25, -0.2) is 0 Å². The normalized spacial score (nSPS) is 21.6. The van der Waals surface area contributed by atoms with Crippen molar-refractivity contribution >= 4 is 0 Å². The lowest BCUT2D eigenvalue weighted by molar-refractivity contribution is 0.134. The topological polar surface area (TPSA) is 62.4 Å². The Morgan fingerprint density at radius 2 is 2.26 bits per heavy atom. The summed E-state index contributed by atoms with van der Waals surface area (Å²) in [4.78, 5) is 2.66. The fraction of sp³-hybridized carbons (Fsp3) is 0.571. The molecule has 2 aliphatic heterocycles. The number of H-pyrrole nitrogens is 1. The SMILES string of the molecule is COc1cccc(-c2[nH]ncc2CNC[C@@H]([C@@H]2CCOC2)N2CCCC2)c1. The van der Waals surface area contributed by atoms with E-state index < -0.39 is 0 Å². The number of hydrogen-bond donors (Lipinski definition) is 2. The Morgan fingerprint density at radius 1 is 1.37 bits per heavy atom. The number of hydrogen-bond acceptors (Lipinski definition) is 5. The number of ether oxygens (including phenoxy) is 2. The summed E-state index contributed by atoms with van der Waals surface area (Å²) < 4.78 is 11.0. The lowest BCUT2D eigenvalue weighted by Gasteiger charge is -2.32. The second kappa shape index (κ2) is 8.87. The predicted octanol–water partition coefficient (Wildman–Crippen LogP) is 2.68. The zero-order valence-corrected chi connectivity index (χ0v) is 16.1. The average Bonchev–Trinajstić information content (AvgIpc) is 3.48. The van der Waals surface area contributed by atoms with Gasteiger partial charge in [0.1, 0.15) is 5.75 Å². The minimum Gasteiger partial charge on any atom is -0.497 e. The van der Waals surface area contributed by atoms with E-state index in [0.717, 1.165) is 43.3 Å². The number of rotatable bonds is 8. The van der Waals surface area contributed by atoms with Gasteiger partial charge < -0.3 is 14.8 Å². The molecule has 6 heteroatoms. The number of nitrogens with zero attached hydrogens (tertiary/aromatic N) is 2. The van der Waals surface area contributed by atoms with Crippen LogP contribution in [-0.2, 0) is 11.3 Å². The van der Waals surface area contributed by atoms with Crippen LogP contribution in [0.4, 0.5) is 0 Å². The van der Waals surface area contributed by atoms with Gasteiger partial charge in [0.25, 0.3) is 0 Å². The Kier molecular flexibility index (Phi) is 6.07. The fourth-order valence-corrected chi connectivity index (χ4v) is 4.35. The molecule has 2 fully saturated rings. The highest BCUT2D eigenvalue weighted by Crippen LogP contribution is 2.26. The van der Waals surface area contributed by atoms with E-state index in [0.29, 0.717) is 12.0 Å². The number of nitrogens with one attached hydrogen (secondary N) is 2. The van der Waals surface area contributed by atoms with Crippen LogP contribution in [0.1, 0.15) is 24.8 Å². The van der Waals surface area contributed by atoms with Crippen LogP contribution >= 0.6 is 0 Å². The Bertz CT molecular complexity index is 704. The first-order chi connectivity index (χ1) is 13.3. The molecule has 4 rings (SSSR count). The van der Waals surface area contributed by atoms with E-state index in [2.05, 4.69) is 26.5 Å². The second-order valence-electron chi connectivity index (χ2n) is 7.57. The molecule has 0 radical (unpaired) electrons. The summed E-state index contributed by atoms with van der Waals surface area (Å²) in [5.41, 5.74) is 3.35. The molecule has 2 aromatic rings. The third-order valence-corrected chi connectivity index (χ3v) is 5.86. The summed E-state index contributed by atoms with van der Waals surface area (Å²) in [7, 11) is 1.69. The van der Waals surface area contributed by atoms with E-state index in [1.165, 1.54) is 37.9 Å². The predicted molar refractivity (Wildman–Crippen MR) is 106 cm³/mol. The fourth-order valence-electron chi connectivity index (χ4n) is 4.35. The number of methoxy groups -OCH3 is 1. The van der Waals surface area contributed by atoms with Crippen molar-refractivity contribution in [3.05, 3.63) is 36.0 Å². The van der Waals surface area contributed by atoms with Crippen molar-refractivity contribution in [3.63, 3.8) is 0 Å². The van der Waals surface area contributed by atoms with E-state index in [1.807, 2.05) is 24.4 Å². The first-order valence-electron chi connectivity index (χ1n) is 10.0. The summed E-state index contributed by atoms with van der Waals surface area (Å²) in [6.07, 6.45) is 5.76. The van der Waals surface area contributed by atoms with Crippen LogP contribution in [0.2, 0.25) is 0 Å². The van der Waals surface area contributed by atoms with Gasteiger partial charge in [-0.1, -0.05) is 12.1 Å². The highest BCUT2D eigenvalue weighted by molar-refractivity contribution is 5.64. The molecule has 1 aromatic carbocycles. The van der Waals surface area contributed by atoms with Crippen molar-refractivity contribution in [2.24, 2.45) is 5.92 Å². The molecule has 2 atom stereocenters. The largest absolute Gasteiger partial charge is 0.497 e. The smallest absolute Gasteiger partial charge is 0.119 e. The summed E-state index contributed by atoms with van der Waals surface area (Å²) in [5.74, 6) is 1.51. The van der Waals surface area contributed by atoms with Gasteiger partial charge in [0, 0.05) is 42.8 Å². The lowest BCUT2D eigenvalue weighted by Crippen LogP contribution is -2.45. The van der Waals surface area contributed by atoms with Gasteiger partial charge in [-0.3, -0.25) is 10.00 Å². The second-order valence-corrected chi connectivity index (χ2v) is 7.57. The molecule has 27 heavy (non-hydrogen) atoms. The van der Waals surface area contributed by atoms with Crippen molar-refractivity contribution in [2.75, 3.05) is 40.0 Å². The molecule has 2 saturated heterocycles. The van der Waals surface area contributed by atoms with Crippen LogP contribution in [0.15, 0.2) is 30.5 Å². The number of likely N-dealkylation sites (tertiary alicyclic amines) is 1. The minimum atomic E-state index is 0.571. The van der Waals surface area contributed by atoms with Crippen molar-refractivity contribution in [1.82, 2.24) is 20.4 Å². The molecule has 0 saturated carbocycles. The Hall–Kier alpha value is -1.89. The van der Waals surface area contributed by atoms with Crippen LogP contribution in [0.5, 0.6) is 5.75 Å². The van der Waals surface area contributed by atoms with Crippen LogP contribution in [0.3, 0.4) is 0 Å². The minimum absolute atomic E-state index is 0.571. The van der Waals surface area contributed by atoms with Gasteiger partial charge in [-0.15, -0.1) is 0 Å². The van der Waals surface area contributed by atoms with Crippen molar-refractivity contribution in [2.45, 2.75) is 31.8 Å². The molecule has 1 aromatic heterocycles. The zero-order chi connectivity index (χ0) is 18.5. The van der Waals surface area contributed by atoms with Gasteiger partial charge in [-0.05, 0) is 44.5 Å². The first-order valence-corrected chi connectivity index (χ1v) is 10.0. The number of aromatic amines is 1. The Morgan fingerprint density at radius 3 is 3.04 bits per heavy atom. The van der Waals surface area contributed by atoms with Crippen LogP contribution in [0, 0.1) is 5.92 Å². The van der Waals surface area contributed by atoms with E-state index in [1.54, 1.807) is 7.11 Å². The molecule has 0 spiro atoms. The first kappa shape index (κ1) is 18.5. The average molecular weight is 370 g/mol. The Labute approximate surface area is 161 Å². The van der Waals surface area contributed by atoms with Crippen LogP contribution in [-0.4, -0.2) is 61.1 Å². The van der Waals surface area contributed by atoms with Gasteiger partial charge >= 0.3 is 0 Å². The molecule has 6 nitrogen and oxygen atoms in total. The molecule has 2 aliphatic rings. The molecule has 146 valence electrons. The van der Waals surface area contributed by atoms with Crippen LogP contribution in [0.25, 0.3) is 11.3 Å². The monoisotopic (exact) mass is 370 g/mol. The van der Waals surface area contributed by atoms with E-state index in [4.69, 9.17) is 9.47 Å². The third-order valence-electron chi connectivity index (χ3n) is 5.86. The van der Waals surface area contributed by atoms with Crippen LogP contribution < -0.4 is 10.1 Å². The lowest BCUT2D eigenvalue weighted by atomic mass is 9.97. The molecule has 0 aliphatic carbocycles. The van der Waals surface area contributed by atoms with Gasteiger partial charge in [0.2, 0.25) is 0 Å². The summed E-state index contributed by atoms with van der Waals surface area (Å²) >= 11 is 0. The molecular formula is C21H30N4O2. The number of aromatic nitrogens is 2. The molecular weight excluding hydrogens is 340 g/mol. The zero-order valence-electron chi connectivity index (χ0n) is 16.1. The third kappa shape index (κ3) is 4.34. The maximum Gasteiger partial charge on any atom is 0.119 e. The quantitative estimate of drug-likeness (QED) is 0.748. The van der Waals surface area contributed by atoms with Crippen molar-refractivity contribution < 1.29 is 9.47 Å². The van der Waals surface area contributed by atoms with Gasteiger partial charge in [0.05, 0.1) is 25.6 Å². The summed E-state index contributed by atoms with van der Waals surface area (Å²) in [6, 6.07) is 8.67. The maximum atomic E-state index is 5.67. The van der Waals surface area contributed by atoms with E-state index >= 15 is 0 Å². The molecule has 0 unspecified atom stereocenters. The summed E-state index contributed by atoms with van der Waals surface area (Å²) in [5, 5.41) is 11.1. The van der Waals surface area contributed by atoms with Gasteiger partial charge in [0.15, 0.2) is 0 Å². The maximum absolute atomic E-state index is 5.67. The number of benzene rings is 1. The van der Waals surface area contributed by atoms with Crippen molar-refractivity contribution in [3.8, 4) is 17.0 Å². The molecule has 0 bridgehead atoms. The van der Waals surface area contributed by atoms with Gasteiger partial charge in [-0.2, -0.15) is 5.10 Å². The molecule has 2 N–H and O–H groups in total. The van der Waals surface area contributed by atoms with Crippen molar-refractivity contribution in [1.29, 1.82) is 0 Å². The van der Waals surface area contributed by atoms with E-state index in [9.17, 15) is 0 Å². The standard InChI is InChI=1S/C21H30N4O2/c1-26-19-6-4-5-16(11-19)21-18(13-23-24-21)12-22-14-20(17-7-10-27-15-17)25-8-2-3-9-25/h4-6,11,13,17,20,22H,2-3,7-10,12,14-15H2,1H3,(H,23,24)/t17-,20+/m1/s1. The highest BCUT2D eigenvalue weighted by Gasteiger charge is 2.31. The Balaban J connectivity index is 1.40. The summed E-state index contributed by atoms with van der Waals surface area (Å²) in [6.45, 7) is 6.07. The molecule has 0 amide bonds. The van der Waals surface area contributed by atoms with E-state index in [-0.39, 0.29) is 0 Å². The molecule has 3 heterocycles.